The van der Waals surface area contributed by atoms with Crippen molar-refractivity contribution in [3.05, 3.63) is 52.2 Å². The average molecular weight is 438 g/mol. The van der Waals surface area contributed by atoms with E-state index in [4.69, 9.17) is 0 Å². The lowest BCUT2D eigenvalue weighted by atomic mass is 9.99. The van der Waals surface area contributed by atoms with Crippen LogP contribution in [0.5, 0.6) is 0 Å². The molecule has 0 unspecified atom stereocenters. The second kappa shape index (κ2) is 9.75. The van der Waals surface area contributed by atoms with E-state index in [1.54, 1.807) is 6.33 Å². The largest absolute Gasteiger partial charge is 0.351 e. The number of fused-ring (bicyclic) bond motifs is 2. The lowest BCUT2D eigenvalue weighted by molar-refractivity contribution is 0.0955. The molecule has 3 aromatic rings. The molecule has 2 aromatic heterocycles. The quantitative estimate of drug-likeness (QED) is 0.539. The molecule has 31 heavy (non-hydrogen) atoms. The Morgan fingerprint density at radius 2 is 1.97 bits per heavy atom. The fourth-order valence-corrected chi connectivity index (χ4v) is 5.37. The number of amides is 1. The van der Waals surface area contributed by atoms with Gasteiger partial charge in [-0.05, 0) is 56.1 Å². The zero-order chi connectivity index (χ0) is 21.8. The van der Waals surface area contributed by atoms with E-state index in [0.717, 1.165) is 72.0 Å². The Labute approximate surface area is 188 Å². The van der Waals surface area contributed by atoms with Crippen LogP contribution in [0.25, 0.3) is 10.2 Å². The van der Waals surface area contributed by atoms with E-state index in [1.165, 1.54) is 22.5 Å². The van der Waals surface area contributed by atoms with Gasteiger partial charge in [0.1, 0.15) is 17.0 Å². The summed E-state index contributed by atoms with van der Waals surface area (Å²) in [5.74, 6) is 0.934. The summed E-state index contributed by atoms with van der Waals surface area (Å²) in [7, 11) is 0. The fraction of sp³-hybridized carbons (Fsp3) is 0.458. The Kier molecular flexibility index (Phi) is 6.83. The van der Waals surface area contributed by atoms with Gasteiger partial charge in [0, 0.05) is 19.6 Å². The first-order chi connectivity index (χ1) is 15.1. The van der Waals surface area contributed by atoms with Crippen molar-refractivity contribution < 1.29 is 4.79 Å². The monoisotopic (exact) mass is 437 g/mol. The van der Waals surface area contributed by atoms with Gasteiger partial charge < -0.3 is 15.1 Å². The Hall–Kier alpha value is -2.51. The molecule has 7 heteroatoms. The number of carbonyl (C=O) groups is 1. The number of hydrogen-bond donors (Lipinski definition) is 1. The van der Waals surface area contributed by atoms with E-state index in [0.29, 0.717) is 6.54 Å². The van der Waals surface area contributed by atoms with Crippen LogP contribution in [0.15, 0.2) is 30.6 Å². The number of benzene rings is 1. The number of nitrogens with zero attached hydrogens (tertiary/aromatic N) is 4. The maximum atomic E-state index is 12.9. The molecule has 0 radical (unpaired) electrons. The first-order valence-corrected chi connectivity index (χ1v) is 12.0. The molecule has 1 aliphatic heterocycles. The highest BCUT2D eigenvalue weighted by atomic mass is 32.1. The lowest BCUT2D eigenvalue weighted by Gasteiger charge is -2.30. The topological polar surface area (TPSA) is 61.4 Å². The number of aromatic nitrogens is 2. The van der Waals surface area contributed by atoms with Crippen molar-refractivity contribution in [3.63, 3.8) is 0 Å². The van der Waals surface area contributed by atoms with Gasteiger partial charge in [0.2, 0.25) is 0 Å². The zero-order valence-electron chi connectivity index (χ0n) is 18.6. The van der Waals surface area contributed by atoms with Crippen molar-refractivity contribution in [2.24, 2.45) is 0 Å². The number of anilines is 1. The van der Waals surface area contributed by atoms with Gasteiger partial charge in [0.15, 0.2) is 0 Å². The summed E-state index contributed by atoms with van der Waals surface area (Å²) in [6.07, 6.45) is 3.58. The Morgan fingerprint density at radius 3 is 2.74 bits per heavy atom. The van der Waals surface area contributed by atoms with Gasteiger partial charge in [0.05, 0.1) is 10.3 Å². The van der Waals surface area contributed by atoms with Crippen molar-refractivity contribution in [3.8, 4) is 0 Å². The van der Waals surface area contributed by atoms with E-state index in [1.807, 2.05) is 6.92 Å². The fourth-order valence-electron chi connectivity index (χ4n) is 4.31. The third-order valence-corrected chi connectivity index (χ3v) is 7.37. The summed E-state index contributed by atoms with van der Waals surface area (Å²) >= 11 is 1.47. The van der Waals surface area contributed by atoms with Crippen molar-refractivity contribution in [1.82, 2.24) is 20.2 Å². The van der Waals surface area contributed by atoms with E-state index in [2.05, 4.69) is 63.2 Å². The molecular formula is C24H31N5OS. The first-order valence-electron chi connectivity index (χ1n) is 11.2. The highest BCUT2D eigenvalue weighted by Crippen LogP contribution is 2.36. The standard InChI is InChI=1S/C24H31N5OS/c1-4-28(5-2)13-8-12-25-23(30)21-17(3)20-22(26-16-27-24(20)31-21)29-14-11-18-9-6-7-10-19(18)15-29/h6-7,9-10,16H,4-5,8,11-15H2,1-3H3,(H,25,30). The summed E-state index contributed by atoms with van der Waals surface area (Å²) in [5, 5.41) is 4.11. The van der Waals surface area contributed by atoms with Crippen LogP contribution in [-0.4, -0.2) is 53.5 Å². The lowest BCUT2D eigenvalue weighted by Crippen LogP contribution is -2.31. The predicted molar refractivity (Wildman–Crippen MR) is 128 cm³/mol. The molecule has 0 bridgehead atoms. The molecule has 4 rings (SSSR count). The number of thiophene rings is 1. The van der Waals surface area contributed by atoms with Crippen LogP contribution >= 0.6 is 11.3 Å². The summed E-state index contributed by atoms with van der Waals surface area (Å²) in [4.78, 5) is 28.3. The van der Waals surface area contributed by atoms with Crippen molar-refractivity contribution in [2.45, 2.75) is 40.2 Å². The van der Waals surface area contributed by atoms with Crippen LogP contribution in [0.1, 0.15) is 46.6 Å². The van der Waals surface area contributed by atoms with Crippen LogP contribution in [0, 0.1) is 6.92 Å². The third-order valence-electron chi connectivity index (χ3n) is 6.17. The molecule has 1 amide bonds. The van der Waals surface area contributed by atoms with E-state index >= 15 is 0 Å². The summed E-state index contributed by atoms with van der Waals surface area (Å²) < 4.78 is 0. The van der Waals surface area contributed by atoms with Crippen LogP contribution < -0.4 is 10.2 Å². The van der Waals surface area contributed by atoms with Gasteiger partial charge >= 0.3 is 0 Å². The van der Waals surface area contributed by atoms with Gasteiger partial charge in [-0.25, -0.2) is 9.97 Å². The molecule has 0 saturated heterocycles. The van der Waals surface area contributed by atoms with Gasteiger partial charge in [0.25, 0.3) is 5.91 Å². The number of rotatable bonds is 8. The molecular weight excluding hydrogens is 406 g/mol. The predicted octanol–water partition coefficient (Wildman–Crippen LogP) is 4.02. The Balaban J connectivity index is 1.51. The van der Waals surface area contributed by atoms with E-state index in [9.17, 15) is 4.79 Å². The molecule has 164 valence electrons. The molecule has 0 spiro atoms. The maximum absolute atomic E-state index is 12.9. The van der Waals surface area contributed by atoms with E-state index in [-0.39, 0.29) is 5.91 Å². The molecule has 1 N–H and O–H groups in total. The van der Waals surface area contributed by atoms with Crippen molar-refractivity contribution >= 4 is 33.3 Å². The Bertz CT molecular complexity index is 1060. The number of carbonyl (C=O) groups excluding carboxylic acids is 1. The summed E-state index contributed by atoms with van der Waals surface area (Å²) in [6, 6.07) is 8.60. The molecule has 0 fully saturated rings. The first kappa shape index (κ1) is 21.7. The van der Waals surface area contributed by atoms with Gasteiger partial charge in [-0.3, -0.25) is 4.79 Å². The molecule has 0 atom stereocenters. The minimum Gasteiger partial charge on any atom is -0.351 e. The number of nitrogens with one attached hydrogen (secondary N) is 1. The van der Waals surface area contributed by atoms with Crippen molar-refractivity contribution in [1.29, 1.82) is 0 Å². The van der Waals surface area contributed by atoms with Gasteiger partial charge in [-0.1, -0.05) is 38.1 Å². The minimum atomic E-state index is -0.00464. The van der Waals surface area contributed by atoms with Crippen LogP contribution in [-0.2, 0) is 13.0 Å². The zero-order valence-corrected chi connectivity index (χ0v) is 19.5. The third kappa shape index (κ3) is 4.57. The minimum absolute atomic E-state index is 0.00464. The summed E-state index contributed by atoms with van der Waals surface area (Å²) in [6.45, 7) is 11.9. The Morgan fingerprint density at radius 1 is 1.19 bits per heavy atom. The number of aryl methyl sites for hydroxylation is 1. The summed E-state index contributed by atoms with van der Waals surface area (Å²) in [5.41, 5.74) is 3.74. The molecule has 1 aliphatic rings. The molecule has 0 saturated carbocycles. The molecule has 6 nitrogen and oxygen atoms in total. The van der Waals surface area contributed by atoms with Gasteiger partial charge in [-0.15, -0.1) is 11.3 Å². The maximum Gasteiger partial charge on any atom is 0.261 e. The highest BCUT2D eigenvalue weighted by molar-refractivity contribution is 7.20. The SMILES string of the molecule is CCN(CC)CCCNC(=O)c1sc2ncnc(N3CCc4ccccc4C3)c2c1C. The van der Waals surface area contributed by atoms with Gasteiger partial charge in [-0.2, -0.15) is 0 Å². The molecule has 1 aromatic carbocycles. The normalized spacial score (nSPS) is 13.6. The van der Waals surface area contributed by atoms with Crippen LogP contribution in [0.3, 0.4) is 0 Å². The van der Waals surface area contributed by atoms with Crippen LogP contribution in [0.4, 0.5) is 5.82 Å². The smallest absolute Gasteiger partial charge is 0.261 e. The van der Waals surface area contributed by atoms with Crippen LogP contribution in [0.2, 0.25) is 0 Å². The average Bonchev–Trinajstić information content (AvgIpc) is 3.15. The highest BCUT2D eigenvalue weighted by Gasteiger charge is 2.24. The van der Waals surface area contributed by atoms with Crippen molar-refractivity contribution in [2.75, 3.05) is 37.6 Å². The second-order valence-electron chi connectivity index (χ2n) is 8.01. The number of hydrogen-bond acceptors (Lipinski definition) is 6. The molecule has 0 aliphatic carbocycles. The molecule has 3 heterocycles. The second-order valence-corrected chi connectivity index (χ2v) is 9.01. The van der Waals surface area contributed by atoms with E-state index < -0.39 is 0 Å².